The molecule has 0 unspecified atom stereocenters. The molecule has 1 aliphatic rings. The molecule has 110 valence electrons. The van der Waals surface area contributed by atoms with Gasteiger partial charge in [0.1, 0.15) is 11.5 Å². The van der Waals surface area contributed by atoms with Gasteiger partial charge in [-0.25, -0.2) is 0 Å². The molecule has 0 bridgehead atoms. The molecule has 0 atom stereocenters. The van der Waals surface area contributed by atoms with Crippen LogP contribution in [0.2, 0.25) is 0 Å². The lowest BCUT2D eigenvalue weighted by molar-refractivity contribution is -0.122. The number of likely N-dealkylation sites (tertiary alicyclic amines) is 1. The first-order valence-corrected chi connectivity index (χ1v) is 7.24. The highest BCUT2D eigenvalue weighted by molar-refractivity contribution is 5.78. The van der Waals surface area contributed by atoms with Crippen molar-refractivity contribution in [3.8, 4) is 5.75 Å². The third-order valence-electron chi connectivity index (χ3n) is 4.29. The van der Waals surface area contributed by atoms with Crippen molar-refractivity contribution < 1.29 is 9.53 Å². The maximum absolute atomic E-state index is 11.4. The van der Waals surface area contributed by atoms with Crippen molar-refractivity contribution >= 4 is 5.78 Å². The molecule has 1 saturated heterocycles. The predicted octanol–water partition coefficient (Wildman–Crippen LogP) is 2.51. The molecule has 0 N–H and O–H groups in total. The minimum absolute atomic E-state index is 0.257. The summed E-state index contributed by atoms with van der Waals surface area (Å²) in [5.41, 5.74) is 3.28. The van der Waals surface area contributed by atoms with E-state index in [4.69, 9.17) is 4.74 Å². The molecule has 2 heterocycles. The number of carbonyl (C=O) groups excluding carboxylic acids is 1. The maximum atomic E-state index is 11.4. The summed E-state index contributed by atoms with van der Waals surface area (Å²) in [5.74, 6) is 1.53. The van der Waals surface area contributed by atoms with Crippen LogP contribution in [0.5, 0.6) is 5.75 Å². The minimum Gasteiger partial charge on any atom is -0.496 e. The highest BCUT2D eigenvalue weighted by atomic mass is 16.5. The van der Waals surface area contributed by atoms with Crippen LogP contribution in [-0.4, -0.2) is 35.9 Å². The second-order valence-electron chi connectivity index (χ2n) is 5.71. The quantitative estimate of drug-likeness (QED) is 0.847. The Bertz CT molecular complexity index is 491. The van der Waals surface area contributed by atoms with E-state index in [0.29, 0.717) is 5.78 Å². The van der Waals surface area contributed by atoms with E-state index in [0.717, 1.165) is 55.0 Å². The number of rotatable bonds is 4. The van der Waals surface area contributed by atoms with Crippen LogP contribution >= 0.6 is 0 Å². The second-order valence-corrected chi connectivity index (χ2v) is 5.71. The fraction of sp³-hybridized carbons (Fsp3) is 0.625. The second kappa shape index (κ2) is 6.35. The van der Waals surface area contributed by atoms with Crippen LogP contribution in [0.3, 0.4) is 0 Å². The lowest BCUT2D eigenvalue weighted by atomic mass is 9.93. The molecular weight excluding hydrogens is 252 g/mol. The van der Waals surface area contributed by atoms with Gasteiger partial charge in [0.05, 0.1) is 12.8 Å². The Morgan fingerprint density at radius 2 is 2.05 bits per heavy atom. The van der Waals surface area contributed by atoms with Gasteiger partial charge in [-0.2, -0.15) is 0 Å². The van der Waals surface area contributed by atoms with Crippen molar-refractivity contribution in [1.82, 2.24) is 9.88 Å². The van der Waals surface area contributed by atoms with E-state index in [-0.39, 0.29) is 5.92 Å². The third-order valence-corrected chi connectivity index (χ3v) is 4.29. The number of Topliss-reactive ketones (excluding diaryl/α,β-unsaturated/α-hetero) is 1. The molecule has 0 aromatic carbocycles. The van der Waals surface area contributed by atoms with Crippen molar-refractivity contribution in [2.75, 3.05) is 20.2 Å². The Labute approximate surface area is 121 Å². The fourth-order valence-electron chi connectivity index (χ4n) is 2.94. The number of hydrogen-bond donors (Lipinski definition) is 0. The van der Waals surface area contributed by atoms with E-state index >= 15 is 0 Å². The molecule has 0 amide bonds. The lowest BCUT2D eigenvalue weighted by Gasteiger charge is -2.31. The Kier molecular flexibility index (Phi) is 4.76. The number of methoxy groups -OCH3 is 1. The smallest absolute Gasteiger partial charge is 0.133 e. The topological polar surface area (TPSA) is 42.4 Å². The molecule has 0 spiro atoms. The predicted molar refractivity (Wildman–Crippen MR) is 78.9 cm³/mol. The van der Waals surface area contributed by atoms with Crippen LogP contribution in [0.1, 0.15) is 36.6 Å². The van der Waals surface area contributed by atoms with Crippen molar-refractivity contribution in [2.45, 2.75) is 40.2 Å². The molecule has 1 aliphatic heterocycles. The number of nitrogens with zero attached hydrogens (tertiary/aromatic N) is 2. The zero-order valence-corrected chi connectivity index (χ0v) is 12.9. The minimum atomic E-state index is 0.257. The molecule has 4 heteroatoms. The summed E-state index contributed by atoms with van der Waals surface area (Å²) < 4.78 is 5.45. The van der Waals surface area contributed by atoms with E-state index < -0.39 is 0 Å². The van der Waals surface area contributed by atoms with Gasteiger partial charge in [0, 0.05) is 29.8 Å². The number of hydrogen-bond acceptors (Lipinski definition) is 4. The average molecular weight is 276 g/mol. The number of carbonyl (C=O) groups is 1. The van der Waals surface area contributed by atoms with Gasteiger partial charge >= 0.3 is 0 Å². The number of aromatic nitrogens is 1. The van der Waals surface area contributed by atoms with Gasteiger partial charge in [-0.05, 0) is 46.7 Å². The van der Waals surface area contributed by atoms with Crippen molar-refractivity contribution in [3.05, 3.63) is 23.0 Å². The molecule has 1 fully saturated rings. The highest BCUT2D eigenvalue weighted by Crippen LogP contribution is 2.26. The molecule has 2 rings (SSSR count). The highest BCUT2D eigenvalue weighted by Gasteiger charge is 2.23. The summed E-state index contributed by atoms with van der Waals surface area (Å²) in [6, 6.07) is 0. The first kappa shape index (κ1) is 15.0. The molecule has 0 aliphatic carbocycles. The zero-order chi connectivity index (χ0) is 14.7. The molecule has 1 aromatic rings. The van der Waals surface area contributed by atoms with Gasteiger partial charge in [-0.1, -0.05) is 0 Å². The van der Waals surface area contributed by atoms with Crippen LogP contribution in [0, 0.1) is 19.8 Å². The van der Waals surface area contributed by atoms with Crippen molar-refractivity contribution in [1.29, 1.82) is 0 Å². The van der Waals surface area contributed by atoms with Gasteiger partial charge in [-0.15, -0.1) is 0 Å². The molecule has 0 radical (unpaired) electrons. The third kappa shape index (κ3) is 3.18. The summed E-state index contributed by atoms with van der Waals surface area (Å²) in [4.78, 5) is 18.3. The van der Waals surface area contributed by atoms with Gasteiger partial charge < -0.3 is 4.74 Å². The Hall–Kier alpha value is -1.42. The number of pyridine rings is 1. The van der Waals surface area contributed by atoms with E-state index in [1.165, 1.54) is 0 Å². The van der Waals surface area contributed by atoms with Crippen LogP contribution in [0.25, 0.3) is 0 Å². The Balaban J connectivity index is 2.03. The average Bonchev–Trinajstić information content (AvgIpc) is 2.43. The van der Waals surface area contributed by atoms with Gasteiger partial charge in [0.25, 0.3) is 0 Å². The first-order chi connectivity index (χ1) is 9.52. The first-order valence-electron chi connectivity index (χ1n) is 7.24. The fourth-order valence-corrected chi connectivity index (χ4v) is 2.94. The van der Waals surface area contributed by atoms with Gasteiger partial charge in [0.15, 0.2) is 0 Å². The van der Waals surface area contributed by atoms with Crippen molar-refractivity contribution in [2.24, 2.45) is 5.92 Å². The largest absolute Gasteiger partial charge is 0.496 e. The van der Waals surface area contributed by atoms with E-state index in [1.807, 2.05) is 13.1 Å². The standard InChI is InChI=1S/C16H24N2O2/c1-11-9-17-15(12(2)16(11)20-4)10-18-7-5-14(6-8-18)13(3)19/h9,14H,5-8,10H2,1-4H3. The zero-order valence-electron chi connectivity index (χ0n) is 12.9. The lowest BCUT2D eigenvalue weighted by Crippen LogP contribution is -2.35. The maximum Gasteiger partial charge on any atom is 0.133 e. The van der Waals surface area contributed by atoms with Crippen LogP contribution in [-0.2, 0) is 11.3 Å². The Morgan fingerprint density at radius 3 is 2.60 bits per heavy atom. The van der Waals surface area contributed by atoms with Gasteiger partial charge in [-0.3, -0.25) is 14.7 Å². The molecule has 4 nitrogen and oxygen atoms in total. The van der Waals surface area contributed by atoms with E-state index in [9.17, 15) is 4.79 Å². The van der Waals surface area contributed by atoms with Crippen molar-refractivity contribution in [3.63, 3.8) is 0 Å². The number of piperidine rings is 1. The normalized spacial score (nSPS) is 17.2. The number of aryl methyl sites for hydroxylation is 1. The molecule has 0 saturated carbocycles. The summed E-state index contributed by atoms with van der Waals surface area (Å²) >= 11 is 0. The number of ketones is 1. The van der Waals surface area contributed by atoms with E-state index in [2.05, 4.69) is 16.8 Å². The Morgan fingerprint density at radius 1 is 1.40 bits per heavy atom. The van der Waals surface area contributed by atoms with Crippen LogP contribution in [0.4, 0.5) is 0 Å². The van der Waals surface area contributed by atoms with Crippen LogP contribution in [0.15, 0.2) is 6.20 Å². The molecule has 1 aromatic heterocycles. The molecule has 20 heavy (non-hydrogen) atoms. The molecular formula is C16H24N2O2. The summed E-state index contributed by atoms with van der Waals surface area (Å²) in [6.45, 7) is 8.57. The SMILES string of the molecule is COc1c(C)cnc(CN2CCC(C(C)=O)CC2)c1C. The summed E-state index contributed by atoms with van der Waals surface area (Å²) in [6.07, 6.45) is 3.82. The monoisotopic (exact) mass is 276 g/mol. The summed E-state index contributed by atoms with van der Waals surface area (Å²) in [7, 11) is 1.71. The summed E-state index contributed by atoms with van der Waals surface area (Å²) in [5, 5.41) is 0. The van der Waals surface area contributed by atoms with Crippen LogP contribution < -0.4 is 4.74 Å². The van der Waals surface area contributed by atoms with E-state index in [1.54, 1.807) is 14.0 Å². The number of ether oxygens (including phenoxy) is 1. The van der Waals surface area contributed by atoms with Gasteiger partial charge in [0.2, 0.25) is 0 Å².